The van der Waals surface area contributed by atoms with Crippen LogP contribution in [0.4, 0.5) is 4.79 Å². The lowest BCUT2D eigenvalue weighted by Gasteiger charge is -2.19. The Balaban J connectivity index is 3.54. The Kier molecular flexibility index (Phi) is 10.8. The molecule has 0 unspecified atom stereocenters. The number of urea groups is 1. The summed E-state index contributed by atoms with van der Waals surface area (Å²) in [6.45, 7) is 15.9. The molecule has 2 N–H and O–H groups in total. The van der Waals surface area contributed by atoms with Gasteiger partial charge in [-0.05, 0) is 26.2 Å². The minimum absolute atomic E-state index is 0.0608. The molecule has 0 saturated carbocycles. The van der Waals surface area contributed by atoms with Gasteiger partial charge in [0.05, 0.1) is 0 Å². The monoisotopic (exact) mass is 258 g/mol. The summed E-state index contributed by atoms with van der Waals surface area (Å²) in [5, 5.41) is 5.76. The molecule has 0 aliphatic carbocycles. The molecule has 18 heavy (non-hydrogen) atoms. The van der Waals surface area contributed by atoms with Crippen LogP contribution < -0.4 is 10.6 Å². The standard InChI is InChI=1S/C13H30N4O/c1-5-16(6-2)11-9-14-13(18)15-10-12-17(7-3)8-4/h5-12H2,1-4H3,(H2,14,15,18). The summed E-state index contributed by atoms with van der Waals surface area (Å²) in [4.78, 5) is 16.1. The first-order valence-corrected chi connectivity index (χ1v) is 7.14. The number of amides is 2. The third-order valence-electron chi connectivity index (χ3n) is 3.22. The van der Waals surface area contributed by atoms with E-state index < -0.39 is 0 Å². The largest absolute Gasteiger partial charge is 0.337 e. The summed E-state index contributed by atoms with van der Waals surface area (Å²) in [6.07, 6.45) is 0. The van der Waals surface area contributed by atoms with Crippen LogP contribution in [0.25, 0.3) is 0 Å². The van der Waals surface area contributed by atoms with E-state index in [1.807, 2.05) is 0 Å². The minimum Gasteiger partial charge on any atom is -0.337 e. The lowest BCUT2D eigenvalue weighted by molar-refractivity contribution is 0.233. The van der Waals surface area contributed by atoms with E-state index in [0.29, 0.717) is 13.1 Å². The summed E-state index contributed by atoms with van der Waals surface area (Å²) in [5.41, 5.74) is 0. The van der Waals surface area contributed by atoms with E-state index >= 15 is 0 Å². The molecule has 0 bridgehead atoms. The molecule has 5 nitrogen and oxygen atoms in total. The van der Waals surface area contributed by atoms with Gasteiger partial charge >= 0.3 is 6.03 Å². The van der Waals surface area contributed by atoms with E-state index in [9.17, 15) is 4.79 Å². The van der Waals surface area contributed by atoms with Gasteiger partial charge < -0.3 is 20.4 Å². The SMILES string of the molecule is CCN(CC)CCNC(=O)NCCN(CC)CC. The average molecular weight is 258 g/mol. The van der Waals surface area contributed by atoms with E-state index in [2.05, 4.69) is 48.1 Å². The molecule has 0 aliphatic rings. The molecule has 0 rings (SSSR count). The van der Waals surface area contributed by atoms with Gasteiger partial charge in [0.2, 0.25) is 0 Å². The fourth-order valence-corrected chi connectivity index (χ4v) is 1.80. The molecule has 0 fully saturated rings. The van der Waals surface area contributed by atoms with Gasteiger partial charge in [-0.2, -0.15) is 0 Å². The van der Waals surface area contributed by atoms with E-state index in [4.69, 9.17) is 0 Å². The van der Waals surface area contributed by atoms with Crippen molar-refractivity contribution in [1.82, 2.24) is 20.4 Å². The first-order chi connectivity index (χ1) is 8.67. The first kappa shape index (κ1) is 17.2. The number of carbonyl (C=O) groups is 1. The van der Waals surface area contributed by atoms with Crippen LogP contribution in [0.2, 0.25) is 0 Å². The molecule has 2 amide bonds. The van der Waals surface area contributed by atoms with Crippen molar-refractivity contribution in [1.29, 1.82) is 0 Å². The predicted molar refractivity (Wildman–Crippen MR) is 77.0 cm³/mol. The van der Waals surface area contributed by atoms with Crippen molar-refractivity contribution < 1.29 is 4.79 Å². The Morgan fingerprint density at radius 1 is 0.778 bits per heavy atom. The molecule has 0 aromatic rings. The number of hydrogen-bond donors (Lipinski definition) is 2. The maximum atomic E-state index is 11.5. The molecule has 0 atom stereocenters. The smallest absolute Gasteiger partial charge is 0.314 e. The molecule has 0 spiro atoms. The molecular weight excluding hydrogens is 228 g/mol. The number of hydrogen-bond acceptors (Lipinski definition) is 3. The molecule has 0 heterocycles. The predicted octanol–water partition coefficient (Wildman–Crippen LogP) is 0.969. The number of nitrogens with zero attached hydrogens (tertiary/aromatic N) is 2. The average Bonchev–Trinajstić information content (AvgIpc) is 2.40. The van der Waals surface area contributed by atoms with Crippen LogP contribution in [0.5, 0.6) is 0 Å². The fourth-order valence-electron chi connectivity index (χ4n) is 1.80. The van der Waals surface area contributed by atoms with Crippen molar-refractivity contribution in [3.05, 3.63) is 0 Å². The minimum atomic E-state index is -0.0608. The van der Waals surface area contributed by atoms with Gasteiger partial charge in [-0.25, -0.2) is 4.79 Å². The van der Waals surface area contributed by atoms with Crippen molar-refractivity contribution in [3.8, 4) is 0 Å². The molecule has 0 aliphatic heterocycles. The quantitative estimate of drug-likeness (QED) is 0.614. The topological polar surface area (TPSA) is 47.6 Å². The molecular formula is C13H30N4O. The Labute approximate surface area is 112 Å². The van der Waals surface area contributed by atoms with Crippen LogP contribution in [0.15, 0.2) is 0 Å². The number of likely N-dealkylation sites (N-methyl/N-ethyl adjacent to an activating group) is 2. The van der Waals surface area contributed by atoms with Gasteiger partial charge in [-0.15, -0.1) is 0 Å². The van der Waals surface area contributed by atoms with Crippen LogP contribution in [-0.4, -0.2) is 68.2 Å². The maximum absolute atomic E-state index is 11.5. The van der Waals surface area contributed by atoms with Gasteiger partial charge in [0.25, 0.3) is 0 Å². The van der Waals surface area contributed by atoms with Crippen molar-refractivity contribution in [2.24, 2.45) is 0 Å². The third kappa shape index (κ3) is 8.31. The first-order valence-electron chi connectivity index (χ1n) is 7.14. The van der Waals surface area contributed by atoms with Crippen molar-refractivity contribution in [2.75, 3.05) is 52.4 Å². The summed E-state index contributed by atoms with van der Waals surface area (Å²) < 4.78 is 0. The van der Waals surface area contributed by atoms with Gasteiger partial charge in [-0.3, -0.25) is 0 Å². The molecule has 0 saturated heterocycles. The maximum Gasteiger partial charge on any atom is 0.314 e. The lowest BCUT2D eigenvalue weighted by Crippen LogP contribution is -2.43. The van der Waals surface area contributed by atoms with Gasteiger partial charge in [0.15, 0.2) is 0 Å². The van der Waals surface area contributed by atoms with Crippen LogP contribution in [-0.2, 0) is 0 Å². The third-order valence-corrected chi connectivity index (χ3v) is 3.22. The van der Waals surface area contributed by atoms with Crippen molar-refractivity contribution >= 4 is 6.03 Å². The lowest BCUT2D eigenvalue weighted by atomic mass is 10.4. The van der Waals surface area contributed by atoms with Gasteiger partial charge in [-0.1, -0.05) is 27.7 Å². The molecule has 5 heteroatoms. The summed E-state index contributed by atoms with van der Waals surface area (Å²) in [6, 6.07) is -0.0608. The zero-order valence-corrected chi connectivity index (χ0v) is 12.5. The van der Waals surface area contributed by atoms with Crippen LogP contribution in [0, 0.1) is 0 Å². The summed E-state index contributed by atoms with van der Waals surface area (Å²) in [7, 11) is 0. The fraction of sp³-hybridized carbons (Fsp3) is 0.923. The van der Waals surface area contributed by atoms with E-state index in [1.165, 1.54) is 0 Å². The number of carbonyl (C=O) groups excluding carboxylic acids is 1. The highest BCUT2D eigenvalue weighted by atomic mass is 16.2. The number of rotatable bonds is 10. The van der Waals surface area contributed by atoms with Crippen molar-refractivity contribution in [2.45, 2.75) is 27.7 Å². The zero-order chi connectivity index (χ0) is 13.8. The second-order valence-corrected chi connectivity index (χ2v) is 4.24. The Morgan fingerprint density at radius 3 is 1.39 bits per heavy atom. The molecule has 0 aromatic heterocycles. The number of nitrogens with one attached hydrogen (secondary N) is 2. The van der Waals surface area contributed by atoms with Crippen LogP contribution >= 0.6 is 0 Å². The normalized spacial score (nSPS) is 11.0. The highest BCUT2D eigenvalue weighted by molar-refractivity contribution is 5.73. The molecule has 108 valence electrons. The van der Waals surface area contributed by atoms with Crippen LogP contribution in [0.1, 0.15) is 27.7 Å². The van der Waals surface area contributed by atoms with Crippen molar-refractivity contribution in [3.63, 3.8) is 0 Å². The Hall–Kier alpha value is -0.810. The summed E-state index contributed by atoms with van der Waals surface area (Å²) >= 11 is 0. The molecule has 0 radical (unpaired) electrons. The summed E-state index contributed by atoms with van der Waals surface area (Å²) in [5.74, 6) is 0. The van der Waals surface area contributed by atoms with Gasteiger partial charge in [0, 0.05) is 26.2 Å². The van der Waals surface area contributed by atoms with E-state index in [-0.39, 0.29) is 6.03 Å². The molecule has 0 aromatic carbocycles. The van der Waals surface area contributed by atoms with Gasteiger partial charge in [0.1, 0.15) is 0 Å². The highest BCUT2D eigenvalue weighted by Crippen LogP contribution is 1.85. The van der Waals surface area contributed by atoms with E-state index in [1.54, 1.807) is 0 Å². The highest BCUT2D eigenvalue weighted by Gasteiger charge is 2.03. The second kappa shape index (κ2) is 11.3. The zero-order valence-electron chi connectivity index (χ0n) is 12.5. The van der Waals surface area contributed by atoms with E-state index in [0.717, 1.165) is 39.3 Å². The Bertz CT molecular complexity index is 183. The van der Waals surface area contributed by atoms with Crippen LogP contribution in [0.3, 0.4) is 0 Å². The second-order valence-electron chi connectivity index (χ2n) is 4.24. The Morgan fingerprint density at radius 2 is 1.11 bits per heavy atom.